The SMILES string of the molecule is COc1ccccc1C(C)NC(=O)C(C)n1cnc2ccccc21. The zero-order valence-corrected chi connectivity index (χ0v) is 14.1. The fraction of sp³-hybridized carbons (Fsp3) is 0.263. The van der Waals surface area contributed by atoms with Gasteiger partial charge in [-0.3, -0.25) is 4.79 Å². The molecule has 0 spiro atoms. The monoisotopic (exact) mass is 323 g/mol. The van der Waals surface area contributed by atoms with Crippen LogP contribution in [0.2, 0.25) is 0 Å². The minimum absolute atomic E-state index is 0.0587. The van der Waals surface area contributed by atoms with Gasteiger partial charge >= 0.3 is 0 Å². The number of fused-ring (bicyclic) bond motifs is 1. The molecule has 3 rings (SSSR count). The average molecular weight is 323 g/mol. The topological polar surface area (TPSA) is 56.1 Å². The highest BCUT2D eigenvalue weighted by atomic mass is 16.5. The first-order valence-electron chi connectivity index (χ1n) is 7.96. The van der Waals surface area contributed by atoms with Crippen LogP contribution in [0.1, 0.15) is 31.5 Å². The molecule has 5 nitrogen and oxygen atoms in total. The van der Waals surface area contributed by atoms with Crippen molar-refractivity contribution in [3.05, 3.63) is 60.4 Å². The van der Waals surface area contributed by atoms with Gasteiger partial charge < -0.3 is 14.6 Å². The maximum Gasteiger partial charge on any atom is 0.243 e. The normalized spacial score (nSPS) is 13.5. The van der Waals surface area contributed by atoms with E-state index in [2.05, 4.69) is 10.3 Å². The molecular weight excluding hydrogens is 302 g/mol. The summed E-state index contributed by atoms with van der Waals surface area (Å²) in [5.74, 6) is 0.711. The number of rotatable bonds is 5. The number of nitrogens with zero attached hydrogens (tertiary/aromatic N) is 2. The summed E-state index contributed by atoms with van der Waals surface area (Å²) in [7, 11) is 1.63. The zero-order valence-electron chi connectivity index (χ0n) is 14.1. The summed E-state index contributed by atoms with van der Waals surface area (Å²) in [4.78, 5) is 17.0. The molecule has 124 valence electrons. The number of methoxy groups -OCH3 is 1. The predicted molar refractivity (Wildman–Crippen MR) is 94.0 cm³/mol. The highest BCUT2D eigenvalue weighted by Crippen LogP contribution is 2.25. The van der Waals surface area contributed by atoms with Crippen LogP contribution in [-0.4, -0.2) is 22.6 Å². The largest absolute Gasteiger partial charge is 0.496 e. The molecular formula is C19H21N3O2. The number of ether oxygens (including phenoxy) is 1. The Kier molecular flexibility index (Phi) is 4.51. The standard InChI is InChI=1S/C19H21N3O2/c1-13(15-8-4-7-11-18(15)24-3)21-19(23)14(2)22-12-20-16-9-5-6-10-17(16)22/h4-14H,1-3H3,(H,21,23). The van der Waals surface area contributed by atoms with E-state index >= 15 is 0 Å². The van der Waals surface area contributed by atoms with Gasteiger partial charge in [0.1, 0.15) is 11.8 Å². The summed E-state index contributed by atoms with van der Waals surface area (Å²) in [6, 6.07) is 15.0. The number of aromatic nitrogens is 2. The van der Waals surface area contributed by atoms with Gasteiger partial charge in [-0.25, -0.2) is 4.98 Å². The Morgan fingerprint density at radius 2 is 1.83 bits per heavy atom. The van der Waals surface area contributed by atoms with E-state index < -0.39 is 0 Å². The molecule has 1 amide bonds. The molecule has 0 aliphatic heterocycles. The Bertz CT molecular complexity index is 856. The summed E-state index contributed by atoms with van der Waals surface area (Å²) < 4.78 is 7.26. The Hall–Kier alpha value is -2.82. The third-order valence-corrected chi connectivity index (χ3v) is 4.24. The number of amides is 1. The molecule has 0 bridgehead atoms. The lowest BCUT2D eigenvalue weighted by Gasteiger charge is -2.20. The fourth-order valence-corrected chi connectivity index (χ4v) is 2.85. The Labute approximate surface area is 141 Å². The van der Waals surface area contributed by atoms with E-state index in [9.17, 15) is 4.79 Å². The lowest BCUT2D eigenvalue weighted by molar-refractivity contribution is -0.124. The second-order valence-electron chi connectivity index (χ2n) is 5.79. The van der Waals surface area contributed by atoms with Crippen molar-refractivity contribution in [1.29, 1.82) is 0 Å². The highest BCUT2D eigenvalue weighted by molar-refractivity contribution is 5.83. The predicted octanol–water partition coefficient (Wildman–Crippen LogP) is 3.48. The summed E-state index contributed by atoms with van der Waals surface area (Å²) >= 11 is 0. The molecule has 5 heteroatoms. The van der Waals surface area contributed by atoms with Crippen LogP contribution in [0, 0.1) is 0 Å². The van der Waals surface area contributed by atoms with Gasteiger partial charge in [-0.2, -0.15) is 0 Å². The number of para-hydroxylation sites is 3. The smallest absolute Gasteiger partial charge is 0.243 e. The van der Waals surface area contributed by atoms with E-state index in [0.717, 1.165) is 22.3 Å². The van der Waals surface area contributed by atoms with Crippen LogP contribution in [0.3, 0.4) is 0 Å². The van der Waals surface area contributed by atoms with Crippen LogP contribution >= 0.6 is 0 Å². The third-order valence-electron chi connectivity index (χ3n) is 4.24. The number of imidazole rings is 1. The second-order valence-corrected chi connectivity index (χ2v) is 5.79. The minimum Gasteiger partial charge on any atom is -0.496 e. The van der Waals surface area contributed by atoms with Gasteiger partial charge in [0, 0.05) is 5.56 Å². The third kappa shape index (κ3) is 2.97. The maximum absolute atomic E-state index is 12.7. The number of hydrogen-bond donors (Lipinski definition) is 1. The van der Waals surface area contributed by atoms with Gasteiger partial charge in [0.05, 0.1) is 30.5 Å². The lowest BCUT2D eigenvalue weighted by Crippen LogP contribution is -2.33. The molecule has 2 unspecified atom stereocenters. The van der Waals surface area contributed by atoms with Crippen molar-refractivity contribution in [2.75, 3.05) is 7.11 Å². The van der Waals surface area contributed by atoms with Crippen molar-refractivity contribution in [3.63, 3.8) is 0 Å². The molecule has 0 aliphatic carbocycles. The van der Waals surface area contributed by atoms with Crippen LogP contribution in [0.5, 0.6) is 5.75 Å². The molecule has 2 aromatic carbocycles. The molecule has 0 saturated carbocycles. The highest BCUT2D eigenvalue weighted by Gasteiger charge is 2.20. The average Bonchev–Trinajstić information content (AvgIpc) is 3.04. The van der Waals surface area contributed by atoms with Crippen LogP contribution in [-0.2, 0) is 4.79 Å². The molecule has 3 aromatic rings. The molecule has 1 heterocycles. The number of nitrogens with one attached hydrogen (secondary N) is 1. The van der Waals surface area contributed by atoms with E-state index in [4.69, 9.17) is 4.74 Å². The Morgan fingerprint density at radius 3 is 2.62 bits per heavy atom. The van der Waals surface area contributed by atoms with E-state index in [1.807, 2.05) is 66.9 Å². The number of carbonyl (C=O) groups is 1. The van der Waals surface area contributed by atoms with Crippen molar-refractivity contribution < 1.29 is 9.53 Å². The number of benzene rings is 2. The first kappa shape index (κ1) is 16.1. The van der Waals surface area contributed by atoms with E-state index in [1.165, 1.54) is 0 Å². The molecule has 0 fully saturated rings. The van der Waals surface area contributed by atoms with E-state index in [0.29, 0.717) is 0 Å². The summed E-state index contributed by atoms with van der Waals surface area (Å²) in [6.45, 7) is 3.83. The van der Waals surface area contributed by atoms with Crippen LogP contribution in [0.25, 0.3) is 11.0 Å². The maximum atomic E-state index is 12.7. The molecule has 24 heavy (non-hydrogen) atoms. The Balaban J connectivity index is 1.79. The number of hydrogen-bond acceptors (Lipinski definition) is 3. The van der Waals surface area contributed by atoms with Gasteiger partial charge in [0.2, 0.25) is 5.91 Å². The molecule has 0 aliphatic rings. The molecule has 2 atom stereocenters. The summed E-state index contributed by atoms with van der Waals surface area (Å²) in [5, 5.41) is 3.06. The Morgan fingerprint density at radius 1 is 1.12 bits per heavy atom. The van der Waals surface area contributed by atoms with Gasteiger partial charge in [0.25, 0.3) is 0 Å². The first-order valence-corrected chi connectivity index (χ1v) is 7.96. The zero-order chi connectivity index (χ0) is 17.1. The van der Waals surface area contributed by atoms with Crippen molar-refractivity contribution >= 4 is 16.9 Å². The second kappa shape index (κ2) is 6.74. The van der Waals surface area contributed by atoms with Crippen LogP contribution in [0.15, 0.2) is 54.9 Å². The molecule has 1 aromatic heterocycles. The molecule has 1 N–H and O–H groups in total. The quantitative estimate of drug-likeness (QED) is 0.782. The van der Waals surface area contributed by atoms with Gasteiger partial charge in [-0.15, -0.1) is 0 Å². The van der Waals surface area contributed by atoms with Crippen molar-refractivity contribution in [1.82, 2.24) is 14.9 Å². The van der Waals surface area contributed by atoms with Crippen LogP contribution in [0.4, 0.5) is 0 Å². The summed E-state index contributed by atoms with van der Waals surface area (Å²) in [5.41, 5.74) is 2.79. The lowest BCUT2D eigenvalue weighted by atomic mass is 10.1. The van der Waals surface area contributed by atoms with Crippen LogP contribution < -0.4 is 10.1 Å². The summed E-state index contributed by atoms with van der Waals surface area (Å²) in [6.07, 6.45) is 1.71. The van der Waals surface area contributed by atoms with Gasteiger partial charge in [-0.05, 0) is 32.0 Å². The molecule has 0 radical (unpaired) electrons. The van der Waals surface area contributed by atoms with E-state index in [1.54, 1.807) is 13.4 Å². The van der Waals surface area contributed by atoms with Gasteiger partial charge in [0.15, 0.2) is 0 Å². The minimum atomic E-state index is -0.352. The fourth-order valence-electron chi connectivity index (χ4n) is 2.85. The first-order chi connectivity index (χ1) is 11.6. The van der Waals surface area contributed by atoms with Crippen molar-refractivity contribution in [2.24, 2.45) is 0 Å². The van der Waals surface area contributed by atoms with Crippen molar-refractivity contribution in [3.8, 4) is 5.75 Å². The van der Waals surface area contributed by atoms with Crippen molar-refractivity contribution in [2.45, 2.75) is 25.9 Å². The molecule has 0 saturated heterocycles. The number of carbonyl (C=O) groups excluding carboxylic acids is 1. The van der Waals surface area contributed by atoms with Gasteiger partial charge in [-0.1, -0.05) is 30.3 Å². The van der Waals surface area contributed by atoms with E-state index in [-0.39, 0.29) is 18.0 Å².